The Hall–Kier alpha value is -2.01. The summed E-state index contributed by atoms with van der Waals surface area (Å²) in [6, 6.07) is 10.7. The van der Waals surface area contributed by atoms with Crippen LogP contribution in [0.3, 0.4) is 0 Å². The number of halogens is 3. The lowest BCUT2D eigenvalue weighted by Gasteiger charge is -2.34. The van der Waals surface area contributed by atoms with Gasteiger partial charge in [-0.2, -0.15) is 0 Å². The van der Waals surface area contributed by atoms with Crippen LogP contribution >= 0.6 is 0 Å². The van der Waals surface area contributed by atoms with Gasteiger partial charge in [-0.05, 0) is 33.9 Å². The van der Waals surface area contributed by atoms with Gasteiger partial charge in [0.1, 0.15) is 20.0 Å². The quantitative estimate of drug-likeness (QED) is 0.894. The number of fused-ring (bicyclic) bond motifs is 1. The molecule has 122 valence electrons. The molecule has 1 aliphatic rings. The van der Waals surface area contributed by atoms with E-state index in [0.29, 0.717) is 12.1 Å². The molecule has 0 radical (unpaired) electrons. The van der Waals surface area contributed by atoms with E-state index in [1.807, 2.05) is 24.3 Å². The number of nitrogens with one attached hydrogen (secondary N) is 1. The van der Waals surface area contributed by atoms with Crippen molar-refractivity contribution in [2.45, 2.75) is 32.0 Å². The first-order valence-electron chi connectivity index (χ1n) is 7.61. The summed E-state index contributed by atoms with van der Waals surface area (Å²) in [4.78, 5) is 0. The summed E-state index contributed by atoms with van der Waals surface area (Å²) >= 11 is 0. The normalized spacial score (nSPS) is 20.0. The molecule has 0 fully saturated rings. The van der Waals surface area contributed by atoms with E-state index in [1.54, 1.807) is 12.1 Å². The zero-order valence-corrected chi connectivity index (χ0v) is 12.7. The summed E-state index contributed by atoms with van der Waals surface area (Å²) < 4.78 is 40.1. The first-order chi connectivity index (χ1) is 11.2. The standard InChI is InChI=1S/C18H19F3N2/c19-7-11-5-6-12(15(9-21)14(11)8-20)18-13-3-1-2-4-17(13)23-10-16(18)22/h1-6,16,18,23H,7-10,22H2. The van der Waals surface area contributed by atoms with Crippen LogP contribution in [-0.4, -0.2) is 12.6 Å². The van der Waals surface area contributed by atoms with Crippen molar-refractivity contribution in [2.24, 2.45) is 5.73 Å². The van der Waals surface area contributed by atoms with Crippen LogP contribution in [0, 0.1) is 0 Å². The molecule has 3 rings (SSSR count). The predicted molar refractivity (Wildman–Crippen MR) is 85.6 cm³/mol. The minimum absolute atomic E-state index is 0.121. The summed E-state index contributed by atoms with van der Waals surface area (Å²) in [5.41, 5.74) is 9.38. The number of hydrogen-bond acceptors (Lipinski definition) is 2. The Kier molecular flexibility index (Phi) is 4.57. The third-order valence-corrected chi connectivity index (χ3v) is 4.56. The first-order valence-corrected chi connectivity index (χ1v) is 7.61. The van der Waals surface area contributed by atoms with Crippen LogP contribution in [0.5, 0.6) is 0 Å². The third kappa shape index (κ3) is 2.70. The van der Waals surface area contributed by atoms with E-state index < -0.39 is 20.0 Å². The largest absolute Gasteiger partial charge is 0.383 e. The van der Waals surface area contributed by atoms with E-state index in [4.69, 9.17) is 5.73 Å². The van der Waals surface area contributed by atoms with Gasteiger partial charge in [-0.25, -0.2) is 13.2 Å². The molecule has 5 heteroatoms. The van der Waals surface area contributed by atoms with Crippen molar-refractivity contribution in [1.82, 2.24) is 0 Å². The number of benzene rings is 2. The summed E-state index contributed by atoms with van der Waals surface area (Å²) in [7, 11) is 0. The number of para-hydroxylation sites is 1. The zero-order chi connectivity index (χ0) is 16.4. The Labute approximate surface area is 133 Å². The smallest absolute Gasteiger partial charge is 0.115 e. The van der Waals surface area contributed by atoms with Gasteiger partial charge in [-0.1, -0.05) is 30.3 Å². The number of nitrogens with two attached hydrogens (primary N) is 1. The van der Waals surface area contributed by atoms with Gasteiger partial charge in [0.05, 0.1) is 0 Å². The molecule has 2 atom stereocenters. The molecule has 0 aromatic heterocycles. The lowest BCUT2D eigenvalue weighted by atomic mass is 9.79. The Morgan fingerprint density at radius 1 is 0.913 bits per heavy atom. The topological polar surface area (TPSA) is 38.0 Å². The molecule has 0 amide bonds. The van der Waals surface area contributed by atoms with Gasteiger partial charge in [-0.3, -0.25) is 0 Å². The van der Waals surface area contributed by atoms with Gasteiger partial charge in [0, 0.05) is 24.2 Å². The van der Waals surface area contributed by atoms with Gasteiger partial charge >= 0.3 is 0 Å². The molecule has 2 nitrogen and oxygen atoms in total. The molecule has 1 heterocycles. The molecule has 0 aliphatic carbocycles. The van der Waals surface area contributed by atoms with Crippen molar-refractivity contribution >= 4 is 5.69 Å². The molecule has 23 heavy (non-hydrogen) atoms. The fraction of sp³-hybridized carbons (Fsp3) is 0.333. The molecule has 2 unspecified atom stereocenters. The van der Waals surface area contributed by atoms with Crippen LogP contribution in [0.4, 0.5) is 18.9 Å². The van der Waals surface area contributed by atoms with Crippen LogP contribution in [0.25, 0.3) is 0 Å². The minimum Gasteiger partial charge on any atom is -0.383 e. The summed E-state index contributed by atoms with van der Waals surface area (Å²) in [6.07, 6.45) is 0. The van der Waals surface area contributed by atoms with E-state index in [-0.39, 0.29) is 28.7 Å². The highest BCUT2D eigenvalue weighted by Crippen LogP contribution is 2.39. The Bertz CT molecular complexity index is 703. The second-order valence-corrected chi connectivity index (χ2v) is 5.78. The number of hydrogen-bond donors (Lipinski definition) is 2. The van der Waals surface area contributed by atoms with Crippen molar-refractivity contribution in [2.75, 3.05) is 11.9 Å². The summed E-state index contributed by atoms with van der Waals surface area (Å²) in [6.45, 7) is -1.97. The van der Waals surface area contributed by atoms with E-state index in [9.17, 15) is 13.2 Å². The molecule has 0 saturated carbocycles. The lowest BCUT2D eigenvalue weighted by molar-refractivity contribution is 0.432. The lowest BCUT2D eigenvalue weighted by Crippen LogP contribution is -2.40. The SMILES string of the molecule is NC1CNc2ccccc2C1c1ccc(CF)c(CF)c1CF. The number of anilines is 1. The summed E-state index contributed by atoms with van der Waals surface area (Å²) in [5.74, 6) is -0.239. The van der Waals surface area contributed by atoms with Gasteiger partial charge in [-0.15, -0.1) is 0 Å². The molecular weight excluding hydrogens is 301 g/mol. The molecule has 0 bridgehead atoms. The van der Waals surface area contributed by atoms with E-state index >= 15 is 0 Å². The number of alkyl halides is 3. The fourth-order valence-electron chi connectivity index (χ4n) is 3.40. The van der Waals surface area contributed by atoms with Crippen LogP contribution in [0.1, 0.15) is 33.7 Å². The Morgan fingerprint density at radius 3 is 2.35 bits per heavy atom. The number of rotatable bonds is 4. The predicted octanol–water partition coefficient (Wildman–Crippen LogP) is 3.98. The van der Waals surface area contributed by atoms with Crippen molar-refractivity contribution in [1.29, 1.82) is 0 Å². The van der Waals surface area contributed by atoms with Crippen molar-refractivity contribution in [3.05, 3.63) is 64.2 Å². The first kappa shape index (κ1) is 15.9. The van der Waals surface area contributed by atoms with Gasteiger partial charge in [0.25, 0.3) is 0 Å². The zero-order valence-electron chi connectivity index (χ0n) is 12.7. The van der Waals surface area contributed by atoms with Crippen molar-refractivity contribution in [3.63, 3.8) is 0 Å². The molecule has 2 aromatic rings. The average molecular weight is 320 g/mol. The maximum atomic E-state index is 13.7. The Balaban J connectivity index is 2.18. The molecular formula is C18H19F3N2. The minimum atomic E-state index is -0.881. The summed E-state index contributed by atoms with van der Waals surface area (Å²) in [5, 5.41) is 3.25. The monoisotopic (exact) mass is 320 g/mol. The van der Waals surface area contributed by atoms with Gasteiger partial charge in [0.15, 0.2) is 0 Å². The van der Waals surface area contributed by atoms with Crippen LogP contribution in [-0.2, 0) is 20.0 Å². The highest BCUT2D eigenvalue weighted by atomic mass is 19.1. The maximum absolute atomic E-state index is 13.7. The van der Waals surface area contributed by atoms with Gasteiger partial charge < -0.3 is 11.1 Å². The molecule has 0 saturated heterocycles. The van der Waals surface area contributed by atoms with Crippen LogP contribution in [0.2, 0.25) is 0 Å². The Morgan fingerprint density at radius 2 is 1.65 bits per heavy atom. The molecule has 2 aromatic carbocycles. The average Bonchev–Trinajstić information content (AvgIpc) is 2.60. The van der Waals surface area contributed by atoms with Gasteiger partial charge in [0.2, 0.25) is 0 Å². The second kappa shape index (κ2) is 6.62. The van der Waals surface area contributed by atoms with E-state index in [0.717, 1.165) is 11.3 Å². The molecule has 1 aliphatic heterocycles. The maximum Gasteiger partial charge on any atom is 0.115 e. The van der Waals surface area contributed by atoms with E-state index in [1.165, 1.54) is 0 Å². The highest BCUT2D eigenvalue weighted by molar-refractivity contribution is 5.60. The third-order valence-electron chi connectivity index (χ3n) is 4.56. The van der Waals surface area contributed by atoms with Crippen molar-refractivity contribution in [3.8, 4) is 0 Å². The molecule has 0 spiro atoms. The van der Waals surface area contributed by atoms with E-state index in [2.05, 4.69) is 5.32 Å². The highest BCUT2D eigenvalue weighted by Gasteiger charge is 2.31. The molecule has 3 N–H and O–H groups in total. The van der Waals surface area contributed by atoms with Crippen LogP contribution < -0.4 is 11.1 Å². The van der Waals surface area contributed by atoms with Crippen molar-refractivity contribution < 1.29 is 13.2 Å². The van der Waals surface area contributed by atoms with Crippen LogP contribution in [0.15, 0.2) is 36.4 Å². The second-order valence-electron chi connectivity index (χ2n) is 5.78. The fourth-order valence-corrected chi connectivity index (χ4v) is 3.40.